The molecule has 2 aromatic rings. The van der Waals surface area contributed by atoms with Gasteiger partial charge in [-0.2, -0.15) is 0 Å². The van der Waals surface area contributed by atoms with Crippen molar-refractivity contribution in [3.05, 3.63) is 29.8 Å². The smallest absolute Gasteiger partial charge is 0.408 e. The molecule has 5 rings (SSSR count). The summed E-state index contributed by atoms with van der Waals surface area (Å²) in [4.78, 5) is 34.7. The van der Waals surface area contributed by atoms with Crippen LogP contribution in [0.25, 0.3) is 5.78 Å². The molecule has 2 heterocycles. The quantitative estimate of drug-likeness (QED) is 0.375. The van der Waals surface area contributed by atoms with E-state index in [-0.39, 0.29) is 74.6 Å². The van der Waals surface area contributed by atoms with Gasteiger partial charge in [0.25, 0.3) is 0 Å². The molecule has 220 valence electrons. The first-order valence-corrected chi connectivity index (χ1v) is 14.1. The van der Waals surface area contributed by atoms with E-state index in [4.69, 9.17) is 4.74 Å². The Kier molecular flexibility index (Phi) is 7.50. The van der Waals surface area contributed by atoms with E-state index < -0.39 is 29.6 Å². The zero-order valence-corrected chi connectivity index (χ0v) is 23.1. The summed E-state index contributed by atoms with van der Waals surface area (Å²) in [6.07, 6.45) is 4.16. The highest BCUT2D eigenvalue weighted by molar-refractivity contribution is 5.77. The Morgan fingerprint density at radius 1 is 0.975 bits per heavy atom. The molecule has 12 heteroatoms. The van der Waals surface area contributed by atoms with Crippen LogP contribution in [0, 0.1) is 17.8 Å². The van der Waals surface area contributed by atoms with Crippen LogP contribution < -0.4 is 10.6 Å². The van der Waals surface area contributed by atoms with Gasteiger partial charge < -0.3 is 15.4 Å². The Bertz CT molecular complexity index is 1240. The molecular formula is C28H37F4N5O3. The molecule has 2 aromatic heterocycles. The van der Waals surface area contributed by atoms with Gasteiger partial charge in [-0.1, -0.05) is 0 Å². The van der Waals surface area contributed by atoms with E-state index in [1.54, 1.807) is 43.6 Å². The van der Waals surface area contributed by atoms with E-state index in [1.807, 2.05) is 0 Å². The van der Waals surface area contributed by atoms with Crippen LogP contribution in [-0.2, 0) is 9.53 Å². The lowest BCUT2D eigenvalue weighted by atomic mass is 9.79. The van der Waals surface area contributed by atoms with E-state index in [0.717, 1.165) is 12.8 Å². The van der Waals surface area contributed by atoms with Crippen LogP contribution in [0.15, 0.2) is 18.5 Å². The van der Waals surface area contributed by atoms with Gasteiger partial charge in [-0.05, 0) is 70.3 Å². The van der Waals surface area contributed by atoms with Crippen molar-refractivity contribution in [1.29, 1.82) is 0 Å². The second-order valence-electron chi connectivity index (χ2n) is 12.8. The molecule has 2 amide bonds. The predicted molar refractivity (Wildman–Crippen MR) is 138 cm³/mol. The third kappa shape index (κ3) is 7.04. The second-order valence-corrected chi connectivity index (χ2v) is 12.8. The van der Waals surface area contributed by atoms with Crippen LogP contribution in [-0.4, -0.2) is 43.8 Å². The number of fused-ring (bicyclic) bond motifs is 1. The van der Waals surface area contributed by atoms with Gasteiger partial charge >= 0.3 is 6.09 Å². The minimum atomic E-state index is -2.72. The van der Waals surface area contributed by atoms with Crippen LogP contribution >= 0.6 is 0 Å². The van der Waals surface area contributed by atoms with E-state index in [1.165, 1.54) is 0 Å². The fourth-order valence-corrected chi connectivity index (χ4v) is 5.78. The summed E-state index contributed by atoms with van der Waals surface area (Å²) < 4.78 is 61.3. The highest BCUT2D eigenvalue weighted by Gasteiger charge is 2.46. The Labute approximate surface area is 230 Å². The van der Waals surface area contributed by atoms with Crippen LogP contribution in [0.3, 0.4) is 0 Å². The molecule has 8 nitrogen and oxygen atoms in total. The minimum absolute atomic E-state index is 0.0625. The number of imidazole rings is 1. The molecule has 0 aromatic carbocycles. The highest BCUT2D eigenvalue weighted by atomic mass is 19.3. The molecule has 2 atom stereocenters. The summed E-state index contributed by atoms with van der Waals surface area (Å²) in [6, 6.07) is 0.793. The van der Waals surface area contributed by atoms with Gasteiger partial charge in [0.05, 0.1) is 23.5 Å². The van der Waals surface area contributed by atoms with E-state index in [0.29, 0.717) is 17.2 Å². The van der Waals surface area contributed by atoms with Gasteiger partial charge in [-0.15, -0.1) is 0 Å². The maximum Gasteiger partial charge on any atom is 0.408 e. The van der Waals surface area contributed by atoms with E-state index in [2.05, 4.69) is 20.6 Å². The molecule has 3 fully saturated rings. The summed E-state index contributed by atoms with van der Waals surface area (Å²) in [7, 11) is 0. The van der Waals surface area contributed by atoms with Crippen LogP contribution in [0.4, 0.5) is 22.4 Å². The van der Waals surface area contributed by atoms with Gasteiger partial charge in [-0.3, -0.25) is 9.20 Å². The predicted octanol–water partition coefficient (Wildman–Crippen LogP) is 6.12. The molecule has 0 bridgehead atoms. The average Bonchev–Trinajstić information content (AvgIpc) is 3.57. The number of hydrogen-bond donors (Lipinski definition) is 2. The molecule has 2 N–H and O–H groups in total. The summed E-state index contributed by atoms with van der Waals surface area (Å²) in [6.45, 7) is 5.24. The number of hydrogen-bond acceptors (Lipinski definition) is 5. The summed E-state index contributed by atoms with van der Waals surface area (Å²) in [5.41, 5.74) is 0.378. The SMILES string of the molecule is CC(C)(C)OC(=O)N[C@H](c1cn2ccc([C@H](NC(=O)CC3CC(F)(F)C3)C3CC3)nc2n1)C1CCC(F)(F)CC1. The number of alkyl carbamates (subject to hydrolysis) is 1. The maximum absolute atomic E-state index is 13.9. The molecule has 3 aliphatic rings. The van der Waals surface area contributed by atoms with Gasteiger partial charge in [0.2, 0.25) is 23.5 Å². The van der Waals surface area contributed by atoms with Crippen molar-refractivity contribution < 1.29 is 31.9 Å². The normalized spacial score (nSPS) is 22.8. The Balaban J connectivity index is 1.34. The number of carbonyl (C=O) groups excluding carboxylic acids is 2. The van der Waals surface area contributed by atoms with Crippen molar-refractivity contribution in [3.8, 4) is 0 Å². The number of aromatic nitrogens is 3. The number of amides is 2. The van der Waals surface area contributed by atoms with Crippen LogP contribution in [0.2, 0.25) is 0 Å². The lowest BCUT2D eigenvalue weighted by Crippen LogP contribution is -2.40. The van der Waals surface area contributed by atoms with Crippen LogP contribution in [0.1, 0.15) is 102 Å². The van der Waals surface area contributed by atoms with Crippen molar-refractivity contribution in [2.24, 2.45) is 17.8 Å². The van der Waals surface area contributed by atoms with Gasteiger partial charge in [0.15, 0.2) is 0 Å². The van der Waals surface area contributed by atoms with E-state index in [9.17, 15) is 27.2 Å². The van der Waals surface area contributed by atoms with Gasteiger partial charge in [-0.25, -0.2) is 32.3 Å². The number of nitrogens with zero attached hydrogens (tertiary/aromatic N) is 3. The molecular weight excluding hydrogens is 530 g/mol. The Morgan fingerprint density at radius 2 is 1.57 bits per heavy atom. The number of nitrogens with one attached hydrogen (secondary N) is 2. The lowest BCUT2D eigenvalue weighted by Gasteiger charge is -2.34. The molecule has 0 unspecified atom stereocenters. The third-order valence-corrected chi connectivity index (χ3v) is 7.97. The number of rotatable bonds is 8. The van der Waals surface area contributed by atoms with Gasteiger partial charge in [0.1, 0.15) is 5.60 Å². The molecule has 3 aliphatic carbocycles. The number of carbonyl (C=O) groups is 2. The van der Waals surface area contributed by atoms with Gasteiger partial charge in [0, 0.05) is 44.5 Å². The number of ether oxygens (including phenoxy) is 1. The molecule has 40 heavy (non-hydrogen) atoms. The van der Waals surface area contributed by atoms with E-state index >= 15 is 0 Å². The summed E-state index contributed by atoms with van der Waals surface area (Å²) >= 11 is 0. The summed E-state index contributed by atoms with van der Waals surface area (Å²) in [5.74, 6) is -5.66. The Morgan fingerprint density at radius 3 is 2.17 bits per heavy atom. The number of halogens is 4. The molecule has 3 saturated carbocycles. The largest absolute Gasteiger partial charge is 0.444 e. The standard InChI is InChI=1S/C28H37F4N5O3/c1-26(2,3)40-25(39)36-23(18-6-9-27(29,30)10-7-18)20-15-37-11-8-19(33-24(37)34-20)22(17-4-5-17)35-21(38)12-16-13-28(31,32)14-16/h8,11,15-18,22-23H,4-7,9-10,12-14H2,1-3H3,(H,35,38)(H,36,39)/t22-,23+/m1/s1. The first-order valence-electron chi connectivity index (χ1n) is 14.1. The maximum atomic E-state index is 13.9. The topological polar surface area (TPSA) is 97.6 Å². The second kappa shape index (κ2) is 10.5. The fourth-order valence-electron chi connectivity index (χ4n) is 5.78. The van der Waals surface area contributed by atoms with Crippen LogP contribution in [0.5, 0.6) is 0 Å². The first-order chi connectivity index (χ1) is 18.7. The molecule has 0 aliphatic heterocycles. The summed E-state index contributed by atoms with van der Waals surface area (Å²) in [5, 5.41) is 5.85. The van der Waals surface area contributed by atoms with Crippen molar-refractivity contribution in [3.63, 3.8) is 0 Å². The molecule has 0 saturated heterocycles. The first kappa shape index (κ1) is 28.6. The molecule has 0 spiro atoms. The monoisotopic (exact) mass is 567 g/mol. The number of alkyl halides is 4. The zero-order valence-electron chi connectivity index (χ0n) is 23.1. The molecule has 0 radical (unpaired) electrons. The van der Waals surface area contributed by atoms with Crippen molar-refractivity contribution in [2.45, 2.75) is 108 Å². The average molecular weight is 568 g/mol. The Hall–Kier alpha value is -2.92. The van der Waals surface area contributed by atoms with Crippen molar-refractivity contribution in [2.75, 3.05) is 0 Å². The minimum Gasteiger partial charge on any atom is -0.444 e. The zero-order chi connectivity index (χ0) is 28.9. The lowest BCUT2D eigenvalue weighted by molar-refractivity contribution is -0.134. The third-order valence-electron chi connectivity index (χ3n) is 7.97. The highest BCUT2D eigenvalue weighted by Crippen LogP contribution is 2.45. The van der Waals surface area contributed by atoms with Crippen molar-refractivity contribution in [1.82, 2.24) is 25.0 Å². The van der Waals surface area contributed by atoms with Crippen molar-refractivity contribution >= 4 is 17.8 Å². The fraction of sp³-hybridized carbons (Fsp3) is 0.714.